The van der Waals surface area contributed by atoms with E-state index in [2.05, 4.69) is 0 Å². The third-order valence-corrected chi connectivity index (χ3v) is 2.05. The summed E-state index contributed by atoms with van der Waals surface area (Å²) in [6, 6.07) is 3.78. The zero-order valence-electron chi connectivity index (χ0n) is 8.06. The molecular weight excluding hydrogens is 236 g/mol. The molecule has 0 fully saturated rings. The number of carbonyl (C=O) groups is 1. The van der Waals surface area contributed by atoms with Crippen LogP contribution in [-0.2, 0) is 0 Å². The zero-order chi connectivity index (χ0) is 12.3. The number of rotatable bonds is 3. The van der Waals surface area contributed by atoms with E-state index in [1.165, 1.54) is 7.11 Å². The molecule has 0 aliphatic heterocycles. The molecule has 0 spiro atoms. The average Bonchev–Trinajstić information content (AvgIpc) is 2.26. The third-order valence-electron chi connectivity index (χ3n) is 1.85. The number of carbonyl (C=O) groups excluding carboxylic acids is 1. The lowest BCUT2D eigenvalue weighted by Crippen LogP contribution is -2.01. The van der Waals surface area contributed by atoms with Gasteiger partial charge in [-0.25, -0.2) is 0 Å². The largest absolute Gasteiger partial charge is 0.495 e. The third kappa shape index (κ3) is 2.10. The molecule has 1 aromatic carbocycles. The van der Waals surface area contributed by atoms with Crippen molar-refractivity contribution in [2.45, 2.75) is 0 Å². The number of ether oxygens (including phenoxy) is 1. The molecule has 82 valence electrons. The van der Waals surface area contributed by atoms with Gasteiger partial charge in [0.05, 0.1) is 23.7 Å². The van der Waals surface area contributed by atoms with Gasteiger partial charge in [0.2, 0.25) is 0 Å². The minimum Gasteiger partial charge on any atom is -0.495 e. The fourth-order valence-electron chi connectivity index (χ4n) is 1.13. The van der Waals surface area contributed by atoms with E-state index in [-0.39, 0.29) is 16.9 Å². The predicted octanol–water partition coefficient (Wildman–Crippen LogP) is 1.85. The van der Waals surface area contributed by atoms with Crippen LogP contribution in [0.1, 0.15) is 15.9 Å². The van der Waals surface area contributed by atoms with Gasteiger partial charge in [-0.05, 0) is 17.7 Å². The molecule has 0 amide bonds. The number of nitrogens with zero attached hydrogens (tertiary/aromatic N) is 2. The van der Waals surface area contributed by atoms with Crippen LogP contribution >= 0.6 is 11.6 Å². The number of hydrogen-bond donors (Lipinski definition) is 0. The highest BCUT2D eigenvalue weighted by molar-refractivity contribution is 6.68. The quantitative estimate of drug-likeness (QED) is 0.457. The second-order valence-electron chi connectivity index (χ2n) is 2.71. The monoisotopic (exact) mass is 240 g/mol. The van der Waals surface area contributed by atoms with Gasteiger partial charge in [-0.1, -0.05) is 0 Å². The number of methoxy groups -OCH3 is 1. The smallest absolute Gasteiger partial charge is 0.285 e. The van der Waals surface area contributed by atoms with Crippen LogP contribution in [0, 0.1) is 21.4 Å². The molecule has 0 radical (unpaired) electrons. The van der Waals surface area contributed by atoms with Crippen molar-refractivity contribution < 1.29 is 14.5 Å². The summed E-state index contributed by atoms with van der Waals surface area (Å²) >= 11 is 5.18. The number of nitro groups is 1. The molecule has 0 aliphatic rings. The minimum atomic E-state index is -0.995. The van der Waals surface area contributed by atoms with E-state index >= 15 is 0 Å². The van der Waals surface area contributed by atoms with Crippen LogP contribution in [-0.4, -0.2) is 17.3 Å². The van der Waals surface area contributed by atoms with Gasteiger partial charge in [0.1, 0.15) is 17.4 Å². The highest BCUT2D eigenvalue weighted by Gasteiger charge is 2.22. The van der Waals surface area contributed by atoms with Crippen molar-refractivity contribution in [2.75, 3.05) is 7.11 Å². The molecule has 0 unspecified atom stereocenters. The van der Waals surface area contributed by atoms with Gasteiger partial charge in [0, 0.05) is 0 Å². The Morgan fingerprint density at radius 3 is 2.62 bits per heavy atom. The molecule has 0 heterocycles. The first-order valence-corrected chi connectivity index (χ1v) is 4.35. The maximum atomic E-state index is 10.9. The van der Waals surface area contributed by atoms with Crippen LogP contribution in [0.4, 0.5) is 5.69 Å². The molecule has 16 heavy (non-hydrogen) atoms. The lowest BCUT2D eigenvalue weighted by Gasteiger charge is -2.04. The highest BCUT2D eigenvalue weighted by Crippen LogP contribution is 2.29. The van der Waals surface area contributed by atoms with E-state index in [0.29, 0.717) is 0 Å². The van der Waals surface area contributed by atoms with E-state index in [0.717, 1.165) is 12.1 Å². The normalized spacial score (nSPS) is 9.31. The molecular formula is C9H5ClN2O4. The number of benzene rings is 1. The van der Waals surface area contributed by atoms with Gasteiger partial charge in [-0.15, -0.1) is 0 Å². The van der Waals surface area contributed by atoms with Gasteiger partial charge in [0.25, 0.3) is 10.9 Å². The van der Waals surface area contributed by atoms with Crippen LogP contribution in [0.5, 0.6) is 5.75 Å². The lowest BCUT2D eigenvalue weighted by molar-refractivity contribution is -0.385. The molecule has 0 saturated carbocycles. The molecule has 0 bridgehead atoms. The van der Waals surface area contributed by atoms with Crippen LogP contribution in [0.25, 0.3) is 0 Å². The summed E-state index contributed by atoms with van der Waals surface area (Å²) in [6.45, 7) is 0. The standard InChI is InChI=1S/C9H5ClN2O4/c1-16-8-3-7(12(14)15)6(9(10)13)2-5(8)4-11/h2-3H,1H3. The van der Waals surface area contributed by atoms with Gasteiger partial charge >= 0.3 is 0 Å². The highest BCUT2D eigenvalue weighted by atomic mass is 35.5. The lowest BCUT2D eigenvalue weighted by atomic mass is 10.1. The number of nitro benzene ring substituents is 1. The fourth-order valence-corrected chi connectivity index (χ4v) is 1.29. The van der Waals surface area contributed by atoms with Crippen LogP contribution in [0.15, 0.2) is 12.1 Å². The summed E-state index contributed by atoms with van der Waals surface area (Å²) in [6.07, 6.45) is 0. The van der Waals surface area contributed by atoms with Gasteiger partial charge in [-0.2, -0.15) is 5.26 Å². The van der Waals surface area contributed by atoms with Crippen molar-refractivity contribution in [3.05, 3.63) is 33.4 Å². The van der Waals surface area contributed by atoms with Crippen molar-refractivity contribution in [2.24, 2.45) is 0 Å². The van der Waals surface area contributed by atoms with Crippen molar-refractivity contribution in [3.63, 3.8) is 0 Å². The van der Waals surface area contributed by atoms with Crippen LogP contribution in [0.3, 0.4) is 0 Å². The molecule has 0 saturated heterocycles. The van der Waals surface area contributed by atoms with Crippen molar-refractivity contribution in [1.82, 2.24) is 0 Å². The number of halogens is 1. The summed E-state index contributed by atoms with van der Waals surface area (Å²) in [5.74, 6) is 0.0240. The Balaban J connectivity index is 3.55. The molecule has 0 aromatic heterocycles. The fraction of sp³-hybridized carbons (Fsp3) is 0.111. The van der Waals surface area contributed by atoms with Gasteiger partial charge in [-0.3, -0.25) is 14.9 Å². The van der Waals surface area contributed by atoms with E-state index in [4.69, 9.17) is 21.6 Å². The van der Waals surface area contributed by atoms with E-state index in [1.54, 1.807) is 6.07 Å². The first-order valence-electron chi connectivity index (χ1n) is 3.97. The Kier molecular flexibility index (Phi) is 3.43. The topological polar surface area (TPSA) is 93.2 Å². The Labute approximate surface area is 95.2 Å². The summed E-state index contributed by atoms with van der Waals surface area (Å²) in [7, 11) is 1.27. The SMILES string of the molecule is COc1cc([N+](=O)[O-])c(C(=O)Cl)cc1C#N. The number of nitriles is 1. The molecule has 0 atom stereocenters. The van der Waals surface area contributed by atoms with Crippen molar-refractivity contribution in [1.29, 1.82) is 5.26 Å². The van der Waals surface area contributed by atoms with E-state index < -0.39 is 15.9 Å². The first-order chi connectivity index (χ1) is 7.51. The maximum absolute atomic E-state index is 10.9. The average molecular weight is 241 g/mol. The van der Waals surface area contributed by atoms with Crippen LogP contribution in [0.2, 0.25) is 0 Å². The Hall–Kier alpha value is -2.13. The van der Waals surface area contributed by atoms with Crippen molar-refractivity contribution >= 4 is 22.5 Å². The van der Waals surface area contributed by atoms with Gasteiger partial charge < -0.3 is 4.74 Å². The molecule has 1 aromatic rings. The summed E-state index contributed by atoms with van der Waals surface area (Å²) in [5, 5.41) is 18.4. The minimum absolute atomic E-state index is 0.0112. The second kappa shape index (κ2) is 4.59. The zero-order valence-corrected chi connectivity index (χ0v) is 8.82. The van der Waals surface area contributed by atoms with E-state index in [9.17, 15) is 14.9 Å². The molecule has 1 rings (SSSR count). The van der Waals surface area contributed by atoms with Crippen molar-refractivity contribution in [3.8, 4) is 11.8 Å². The Morgan fingerprint density at radius 1 is 1.62 bits per heavy atom. The Morgan fingerprint density at radius 2 is 2.25 bits per heavy atom. The molecule has 7 heteroatoms. The van der Waals surface area contributed by atoms with E-state index in [1.807, 2.05) is 0 Å². The predicted molar refractivity (Wildman–Crippen MR) is 54.5 cm³/mol. The van der Waals surface area contributed by atoms with Gasteiger partial charge in [0.15, 0.2) is 0 Å². The molecule has 6 nitrogen and oxygen atoms in total. The van der Waals surface area contributed by atoms with Crippen LogP contribution < -0.4 is 4.74 Å². The molecule has 0 N–H and O–H groups in total. The summed E-state index contributed by atoms with van der Waals surface area (Å²) in [4.78, 5) is 20.8. The number of hydrogen-bond acceptors (Lipinski definition) is 5. The summed E-state index contributed by atoms with van der Waals surface area (Å²) in [5.41, 5.74) is -0.808. The summed E-state index contributed by atoms with van der Waals surface area (Å²) < 4.78 is 4.78. The first kappa shape index (κ1) is 11.9. The Bertz CT molecular complexity index is 507. The maximum Gasteiger partial charge on any atom is 0.285 e. The molecule has 0 aliphatic carbocycles. The second-order valence-corrected chi connectivity index (χ2v) is 3.06.